The van der Waals surface area contributed by atoms with Crippen molar-refractivity contribution in [2.45, 2.75) is 38.1 Å². The maximum absolute atomic E-state index is 10.8. The van der Waals surface area contributed by atoms with E-state index in [4.69, 9.17) is 5.11 Å². The third-order valence-corrected chi connectivity index (χ3v) is 5.21. The molecule has 1 N–H and O–H groups in total. The topological polar surface area (TPSA) is 69.6 Å². The second-order valence-electron chi connectivity index (χ2n) is 5.51. The zero-order valence-corrected chi connectivity index (χ0v) is 12.3. The highest BCUT2D eigenvalue weighted by molar-refractivity contribution is 7.17. The summed E-state index contributed by atoms with van der Waals surface area (Å²) < 4.78 is 0. The molecule has 0 amide bonds. The van der Waals surface area contributed by atoms with Gasteiger partial charge in [0.25, 0.3) is 0 Å². The monoisotopic (exact) mass is 296 g/mol. The average molecular weight is 296 g/mol. The number of rotatable bonds is 3. The first kappa shape index (κ1) is 13.8. The molecule has 0 spiro atoms. The smallest absolute Gasteiger partial charge is 0.367 e. The number of piperidine rings is 2. The number of aromatic carboxylic acids is 1. The second kappa shape index (κ2) is 6.05. The molecule has 2 saturated heterocycles. The summed E-state index contributed by atoms with van der Waals surface area (Å²) in [5.74, 6) is -0.989. The van der Waals surface area contributed by atoms with Gasteiger partial charge in [-0.2, -0.15) is 0 Å². The highest BCUT2D eigenvalue weighted by Crippen LogP contribution is 2.26. The first-order valence-electron chi connectivity index (χ1n) is 7.30. The van der Waals surface area contributed by atoms with Crippen LogP contribution in [0.5, 0.6) is 0 Å². The fourth-order valence-electron chi connectivity index (χ4n) is 3.14. The van der Waals surface area contributed by atoms with Gasteiger partial charge in [-0.1, -0.05) is 17.8 Å². The van der Waals surface area contributed by atoms with E-state index >= 15 is 0 Å². The Morgan fingerprint density at radius 2 is 1.80 bits per heavy atom. The van der Waals surface area contributed by atoms with Gasteiger partial charge in [0, 0.05) is 19.1 Å². The maximum atomic E-state index is 10.8. The van der Waals surface area contributed by atoms with Gasteiger partial charge in [0.2, 0.25) is 10.1 Å². The largest absolute Gasteiger partial charge is 0.476 e. The van der Waals surface area contributed by atoms with Crippen LogP contribution < -0.4 is 4.90 Å². The third kappa shape index (κ3) is 2.93. The van der Waals surface area contributed by atoms with Crippen LogP contribution in [0.15, 0.2) is 0 Å². The number of anilines is 1. The molecule has 0 saturated carbocycles. The Morgan fingerprint density at radius 3 is 2.40 bits per heavy atom. The van der Waals surface area contributed by atoms with Crippen molar-refractivity contribution in [2.24, 2.45) is 0 Å². The number of hydrogen-bond donors (Lipinski definition) is 1. The Bertz CT molecular complexity index is 465. The summed E-state index contributed by atoms with van der Waals surface area (Å²) in [5, 5.41) is 17.4. The summed E-state index contributed by atoms with van der Waals surface area (Å²) in [7, 11) is 0. The van der Waals surface area contributed by atoms with Gasteiger partial charge < -0.3 is 14.9 Å². The maximum Gasteiger partial charge on any atom is 0.367 e. The van der Waals surface area contributed by atoms with E-state index in [1.54, 1.807) is 0 Å². The minimum Gasteiger partial charge on any atom is -0.476 e. The minimum atomic E-state index is -0.989. The number of aromatic nitrogens is 2. The van der Waals surface area contributed by atoms with Gasteiger partial charge in [-0.05, 0) is 38.8 Å². The Balaban J connectivity index is 1.56. The van der Waals surface area contributed by atoms with Gasteiger partial charge in [-0.3, -0.25) is 0 Å². The van der Waals surface area contributed by atoms with E-state index in [2.05, 4.69) is 20.0 Å². The van der Waals surface area contributed by atoms with Crippen LogP contribution in [0.3, 0.4) is 0 Å². The van der Waals surface area contributed by atoms with Crippen LogP contribution in [0.25, 0.3) is 0 Å². The Labute approximate surface area is 122 Å². The molecule has 6 nitrogen and oxygen atoms in total. The van der Waals surface area contributed by atoms with Crippen LogP contribution in [0.4, 0.5) is 5.13 Å². The lowest BCUT2D eigenvalue weighted by atomic mass is 10.0. The lowest BCUT2D eigenvalue weighted by Gasteiger charge is -2.40. The van der Waals surface area contributed by atoms with E-state index < -0.39 is 5.97 Å². The molecule has 2 fully saturated rings. The highest BCUT2D eigenvalue weighted by Gasteiger charge is 2.27. The van der Waals surface area contributed by atoms with Crippen molar-refractivity contribution < 1.29 is 9.90 Å². The van der Waals surface area contributed by atoms with E-state index in [-0.39, 0.29) is 5.01 Å². The summed E-state index contributed by atoms with van der Waals surface area (Å²) in [6, 6.07) is 0.693. The Morgan fingerprint density at radius 1 is 1.10 bits per heavy atom. The average Bonchev–Trinajstić information content (AvgIpc) is 2.98. The molecule has 0 radical (unpaired) electrons. The van der Waals surface area contributed by atoms with Crippen molar-refractivity contribution in [3.05, 3.63) is 5.01 Å². The predicted molar refractivity (Wildman–Crippen MR) is 77.5 cm³/mol. The number of carbonyl (C=O) groups is 1. The van der Waals surface area contributed by atoms with Crippen molar-refractivity contribution in [1.82, 2.24) is 15.1 Å². The zero-order valence-electron chi connectivity index (χ0n) is 11.5. The van der Waals surface area contributed by atoms with Gasteiger partial charge in [-0.25, -0.2) is 4.79 Å². The van der Waals surface area contributed by atoms with E-state index in [9.17, 15) is 4.79 Å². The summed E-state index contributed by atoms with van der Waals surface area (Å²) in [6.45, 7) is 4.39. The number of carboxylic acids is 1. The molecular weight excluding hydrogens is 276 g/mol. The second-order valence-corrected chi connectivity index (χ2v) is 6.47. The standard InChI is InChI=1S/C13H20N4O2S/c18-12(19)11-14-15-13(20-11)17-8-4-10(5-9-17)16-6-2-1-3-7-16/h10H,1-9H2,(H,18,19). The third-order valence-electron chi connectivity index (χ3n) is 4.24. The number of carboxylic acid groups (broad SMARTS) is 1. The normalized spacial score (nSPS) is 22.1. The fourth-order valence-corrected chi connectivity index (χ4v) is 3.87. The van der Waals surface area contributed by atoms with Crippen molar-refractivity contribution in [1.29, 1.82) is 0 Å². The molecule has 0 aliphatic carbocycles. The molecule has 1 aromatic heterocycles. The summed E-state index contributed by atoms with van der Waals surface area (Å²) in [6.07, 6.45) is 6.32. The van der Waals surface area contributed by atoms with Gasteiger partial charge in [0.05, 0.1) is 0 Å². The van der Waals surface area contributed by atoms with Crippen LogP contribution in [0, 0.1) is 0 Å². The van der Waals surface area contributed by atoms with Crippen molar-refractivity contribution in [3.8, 4) is 0 Å². The van der Waals surface area contributed by atoms with Crippen LogP contribution in [-0.4, -0.2) is 58.4 Å². The molecule has 110 valence electrons. The molecule has 1 aromatic rings. The molecule has 0 unspecified atom stereocenters. The SMILES string of the molecule is O=C(O)c1nnc(N2CCC(N3CCCCC3)CC2)s1. The van der Waals surface area contributed by atoms with Gasteiger partial charge >= 0.3 is 5.97 Å². The molecule has 0 atom stereocenters. The highest BCUT2D eigenvalue weighted by atomic mass is 32.1. The lowest BCUT2D eigenvalue weighted by Crippen LogP contribution is -2.46. The molecule has 0 aromatic carbocycles. The first-order valence-corrected chi connectivity index (χ1v) is 8.11. The molecule has 3 rings (SSSR count). The van der Waals surface area contributed by atoms with Crippen LogP contribution in [0.1, 0.15) is 41.9 Å². The molecule has 3 heterocycles. The Kier molecular flexibility index (Phi) is 4.16. The molecule has 2 aliphatic heterocycles. The summed E-state index contributed by atoms with van der Waals surface area (Å²) in [4.78, 5) is 15.6. The van der Waals surface area contributed by atoms with Gasteiger partial charge in [0.15, 0.2) is 0 Å². The van der Waals surface area contributed by atoms with E-state index in [0.717, 1.165) is 31.1 Å². The van der Waals surface area contributed by atoms with Crippen molar-refractivity contribution in [3.63, 3.8) is 0 Å². The molecular formula is C13H20N4O2S. The van der Waals surface area contributed by atoms with Crippen LogP contribution in [-0.2, 0) is 0 Å². The number of likely N-dealkylation sites (tertiary alicyclic amines) is 1. The minimum absolute atomic E-state index is 0.0816. The first-order chi connectivity index (χ1) is 9.74. The van der Waals surface area contributed by atoms with E-state index in [1.807, 2.05) is 0 Å². The van der Waals surface area contributed by atoms with Crippen molar-refractivity contribution >= 4 is 22.4 Å². The van der Waals surface area contributed by atoms with Crippen LogP contribution in [0.2, 0.25) is 0 Å². The van der Waals surface area contributed by atoms with E-state index in [1.165, 1.54) is 43.7 Å². The molecule has 2 aliphatic rings. The molecule has 7 heteroatoms. The predicted octanol–water partition coefficient (Wildman–Crippen LogP) is 1.69. The van der Waals surface area contributed by atoms with E-state index in [0.29, 0.717) is 6.04 Å². The zero-order chi connectivity index (χ0) is 13.9. The fraction of sp³-hybridized carbons (Fsp3) is 0.769. The van der Waals surface area contributed by atoms with Gasteiger partial charge in [-0.15, -0.1) is 10.2 Å². The summed E-state index contributed by atoms with van der Waals surface area (Å²) in [5.41, 5.74) is 0. The Hall–Kier alpha value is -1.21. The molecule has 0 bridgehead atoms. The van der Waals surface area contributed by atoms with Crippen LogP contribution >= 0.6 is 11.3 Å². The molecule has 20 heavy (non-hydrogen) atoms. The lowest BCUT2D eigenvalue weighted by molar-refractivity contribution is 0.0695. The summed E-state index contributed by atoms with van der Waals surface area (Å²) >= 11 is 1.17. The number of nitrogens with zero attached hydrogens (tertiary/aromatic N) is 4. The van der Waals surface area contributed by atoms with Gasteiger partial charge in [0.1, 0.15) is 0 Å². The number of hydrogen-bond acceptors (Lipinski definition) is 6. The quantitative estimate of drug-likeness (QED) is 0.915. The van der Waals surface area contributed by atoms with Crippen molar-refractivity contribution in [2.75, 3.05) is 31.1 Å².